The highest BCUT2D eigenvalue weighted by Gasteiger charge is 2.28. The molecule has 0 saturated carbocycles. The number of hydrogen-bond donors (Lipinski definition) is 1. The Morgan fingerprint density at radius 2 is 1.98 bits per heavy atom. The lowest BCUT2D eigenvalue weighted by Gasteiger charge is -2.31. The standard InChI is InChI=1S/C29H33N7O5/c1-4-6-14-34-25-26(32-28(34)33-13-9-10-19(30)16-33)35(18-24(37)41-5-2)29(39)36(27(25)38)17-20-15-23(40-3)21-11-7-8-12-22(21)31-20/h7-8,11-12,15,19H,5,9-10,13-14,16-18,30H2,1-3H3. The number of benzene rings is 1. The number of methoxy groups -OCH3 is 1. The van der Waals surface area contributed by atoms with E-state index in [1.807, 2.05) is 29.2 Å². The highest BCUT2D eigenvalue weighted by atomic mass is 16.5. The van der Waals surface area contributed by atoms with Crippen LogP contribution in [0, 0.1) is 11.8 Å². The lowest BCUT2D eigenvalue weighted by molar-refractivity contribution is -0.143. The summed E-state index contributed by atoms with van der Waals surface area (Å²) >= 11 is 0. The number of nitrogens with zero attached hydrogens (tertiary/aromatic N) is 6. The van der Waals surface area contributed by atoms with Gasteiger partial charge in [-0.1, -0.05) is 18.1 Å². The van der Waals surface area contributed by atoms with Crippen molar-refractivity contribution in [2.75, 3.05) is 31.7 Å². The Kier molecular flexibility index (Phi) is 8.07. The van der Waals surface area contributed by atoms with Crippen molar-refractivity contribution < 1.29 is 14.3 Å². The van der Waals surface area contributed by atoms with Gasteiger partial charge >= 0.3 is 11.7 Å². The molecule has 2 N–H and O–H groups in total. The fraction of sp³-hybridized carbons (Fsp3) is 0.414. The maximum absolute atomic E-state index is 14.1. The molecule has 0 amide bonds. The van der Waals surface area contributed by atoms with Crippen LogP contribution in [0.5, 0.6) is 5.75 Å². The molecule has 3 aromatic heterocycles. The SMILES string of the molecule is CC#CCn1c(N2CCCC(N)C2)nc2c1c(=O)n(Cc1cc(OC)c3ccccc3n1)c(=O)n2CC(=O)OCC. The Hall–Kier alpha value is -4.63. The molecule has 12 heteroatoms. The average Bonchev–Trinajstić information content (AvgIpc) is 3.35. The van der Waals surface area contributed by atoms with Gasteiger partial charge in [-0.05, 0) is 38.8 Å². The van der Waals surface area contributed by atoms with E-state index in [4.69, 9.17) is 20.2 Å². The summed E-state index contributed by atoms with van der Waals surface area (Å²) in [4.78, 5) is 52.0. The molecule has 1 fully saturated rings. The molecule has 41 heavy (non-hydrogen) atoms. The molecule has 0 aliphatic carbocycles. The Labute approximate surface area is 236 Å². The second kappa shape index (κ2) is 11.9. The zero-order valence-electron chi connectivity index (χ0n) is 23.4. The van der Waals surface area contributed by atoms with Crippen LogP contribution in [0.4, 0.5) is 5.95 Å². The Bertz CT molecular complexity index is 1790. The first-order valence-electron chi connectivity index (χ1n) is 13.6. The number of esters is 1. The van der Waals surface area contributed by atoms with Crippen LogP contribution in [0.1, 0.15) is 32.4 Å². The predicted molar refractivity (Wildman–Crippen MR) is 155 cm³/mol. The second-order valence-corrected chi connectivity index (χ2v) is 9.84. The molecule has 1 atom stereocenters. The van der Waals surface area contributed by atoms with Crippen LogP contribution in [0.15, 0.2) is 39.9 Å². The number of ether oxygens (including phenoxy) is 2. The summed E-state index contributed by atoms with van der Waals surface area (Å²) < 4.78 is 14.7. The average molecular weight is 560 g/mol. The molecule has 1 saturated heterocycles. The molecule has 12 nitrogen and oxygen atoms in total. The largest absolute Gasteiger partial charge is 0.496 e. The molecule has 1 aliphatic rings. The molecule has 0 bridgehead atoms. The lowest BCUT2D eigenvalue weighted by atomic mass is 10.1. The normalized spacial score (nSPS) is 15.1. The third kappa shape index (κ3) is 5.40. The maximum Gasteiger partial charge on any atom is 0.333 e. The number of aromatic nitrogens is 5. The lowest BCUT2D eigenvalue weighted by Crippen LogP contribution is -2.44. The monoisotopic (exact) mass is 559 g/mol. The quantitative estimate of drug-likeness (QED) is 0.251. The van der Waals surface area contributed by atoms with Crippen LogP contribution >= 0.6 is 0 Å². The smallest absolute Gasteiger partial charge is 0.333 e. The van der Waals surface area contributed by atoms with Gasteiger partial charge in [0.2, 0.25) is 5.95 Å². The topological polar surface area (TPSA) is 140 Å². The van der Waals surface area contributed by atoms with Gasteiger partial charge in [-0.15, -0.1) is 5.92 Å². The molecule has 1 aromatic carbocycles. The van der Waals surface area contributed by atoms with E-state index in [1.54, 1.807) is 31.6 Å². The number of carbonyl (C=O) groups excluding carboxylic acids is 1. The summed E-state index contributed by atoms with van der Waals surface area (Å²) in [7, 11) is 1.55. The van der Waals surface area contributed by atoms with Gasteiger partial charge < -0.3 is 20.1 Å². The van der Waals surface area contributed by atoms with Crippen LogP contribution in [0.3, 0.4) is 0 Å². The molecule has 1 unspecified atom stereocenters. The zero-order chi connectivity index (χ0) is 29.1. The fourth-order valence-electron chi connectivity index (χ4n) is 5.25. The van der Waals surface area contributed by atoms with Crippen LogP contribution in [-0.4, -0.2) is 62.5 Å². The Morgan fingerprint density at radius 3 is 2.71 bits per heavy atom. The summed E-state index contributed by atoms with van der Waals surface area (Å²) in [6, 6.07) is 9.10. The molecule has 1 aliphatic heterocycles. The van der Waals surface area contributed by atoms with E-state index in [0.717, 1.165) is 22.8 Å². The Morgan fingerprint density at radius 1 is 1.17 bits per heavy atom. The van der Waals surface area contributed by atoms with Gasteiger partial charge in [-0.2, -0.15) is 4.98 Å². The number of pyridine rings is 1. The van der Waals surface area contributed by atoms with Crippen LogP contribution in [-0.2, 0) is 29.2 Å². The van der Waals surface area contributed by atoms with Crippen molar-refractivity contribution in [2.24, 2.45) is 5.73 Å². The number of carbonyl (C=O) groups is 1. The summed E-state index contributed by atoms with van der Waals surface area (Å²) in [5.74, 6) is 6.33. The Balaban J connectivity index is 1.75. The minimum absolute atomic E-state index is 0.0541. The predicted octanol–water partition coefficient (Wildman–Crippen LogP) is 1.48. The molecule has 4 aromatic rings. The van der Waals surface area contributed by atoms with Crippen molar-refractivity contribution in [3.05, 3.63) is 56.9 Å². The molecule has 5 rings (SSSR count). The van der Waals surface area contributed by atoms with Crippen molar-refractivity contribution in [1.29, 1.82) is 0 Å². The number of hydrogen-bond acceptors (Lipinski definition) is 9. The molecular weight excluding hydrogens is 526 g/mol. The summed E-state index contributed by atoms with van der Waals surface area (Å²) in [6.45, 7) is 4.39. The summed E-state index contributed by atoms with van der Waals surface area (Å²) in [5.41, 5.74) is 6.37. The van der Waals surface area contributed by atoms with Crippen molar-refractivity contribution in [3.63, 3.8) is 0 Å². The van der Waals surface area contributed by atoms with Gasteiger partial charge in [0.25, 0.3) is 5.56 Å². The van der Waals surface area contributed by atoms with Gasteiger partial charge in [-0.3, -0.25) is 28.3 Å². The van der Waals surface area contributed by atoms with E-state index in [9.17, 15) is 14.4 Å². The van der Waals surface area contributed by atoms with Gasteiger partial charge in [0.15, 0.2) is 11.2 Å². The molecule has 0 spiro atoms. The van der Waals surface area contributed by atoms with Crippen molar-refractivity contribution in [2.45, 2.75) is 52.4 Å². The van der Waals surface area contributed by atoms with E-state index < -0.39 is 23.8 Å². The number of para-hydroxylation sites is 1. The summed E-state index contributed by atoms with van der Waals surface area (Å²) in [6.07, 6.45) is 1.74. The number of piperidine rings is 1. The number of fused-ring (bicyclic) bond motifs is 2. The molecule has 214 valence electrons. The second-order valence-electron chi connectivity index (χ2n) is 9.84. The number of rotatable bonds is 8. The van der Waals surface area contributed by atoms with Crippen molar-refractivity contribution >= 4 is 34.0 Å². The first-order chi connectivity index (χ1) is 19.9. The fourth-order valence-corrected chi connectivity index (χ4v) is 5.25. The highest BCUT2D eigenvalue weighted by molar-refractivity contribution is 5.85. The maximum atomic E-state index is 14.1. The minimum atomic E-state index is -0.697. The highest BCUT2D eigenvalue weighted by Crippen LogP contribution is 2.26. The molecular formula is C29H33N7O5. The minimum Gasteiger partial charge on any atom is -0.496 e. The number of imidazole rings is 1. The van der Waals surface area contributed by atoms with E-state index in [-0.39, 0.29) is 36.9 Å². The van der Waals surface area contributed by atoms with E-state index in [2.05, 4.69) is 16.8 Å². The van der Waals surface area contributed by atoms with E-state index in [1.165, 1.54) is 4.57 Å². The van der Waals surface area contributed by atoms with Crippen LogP contribution in [0.2, 0.25) is 0 Å². The van der Waals surface area contributed by atoms with E-state index >= 15 is 0 Å². The third-order valence-corrected chi connectivity index (χ3v) is 7.11. The molecule has 0 radical (unpaired) electrons. The zero-order valence-corrected chi connectivity index (χ0v) is 23.4. The van der Waals surface area contributed by atoms with Crippen molar-refractivity contribution in [1.82, 2.24) is 23.7 Å². The van der Waals surface area contributed by atoms with Crippen LogP contribution < -0.4 is 26.6 Å². The number of anilines is 1. The first-order valence-corrected chi connectivity index (χ1v) is 13.6. The van der Waals surface area contributed by atoms with Gasteiger partial charge in [0, 0.05) is 30.6 Å². The van der Waals surface area contributed by atoms with Crippen LogP contribution in [0.25, 0.3) is 22.1 Å². The van der Waals surface area contributed by atoms with Gasteiger partial charge in [0.05, 0.1) is 38.0 Å². The van der Waals surface area contributed by atoms with Gasteiger partial charge in [-0.25, -0.2) is 4.79 Å². The molecule has 4 heterocycles. The summed E-state index contributed by atoms with van der Waals surface area (Å²) in [5, 5.41) is 0.807. The van der Waals surface area contributed by atoms with Gasteiger partial charge in [0.1, 0.15) is 12.3 Å². The van der Waals surface area contributed by atoms with Crippen molar-refractivity contribution in [3.8, 4) is 17.6 Å². The third-order valence-electron chi connectivity index (χ3n) is 7.11. The number of nitrogens with two attached hydrogens (primary N) is 1. The first kappa shape index (κ1) is 27.9. The van der Waals surface area contributed by atoms with E-state index in [0.29, 0.717) is 36.0 Å².